The van der Waals surface area contributed by atoms with Crippen LogP contribution < -0.4 is 0 Å². The van der Waals surface area contributed by atoms with Gasteiger partial charge in [-0.3, -0.25) is 0 Å². The fourth-order valence-corrected chi connectivity index (χ4v) is 3.78. The summed E-state index contributed by atoms with van der Waals surface area (Å²) in [7, 11) is 0. The van der Waals surface area contributed by atoms with Gasteiger partial charge in [0, 0.05) is 0 Å². The van der Waals surface area contributed by atoms with Gasteiger partial charge in [0.2, 0.25) is 0 Å². The minimum absolute atomic E-state index is 0.0113. The second-order valence-electron chi connectivity index (χ2n) is 6.38. The van der Waals surface area contributed by atoms with Crippen LogP contribution in [0.25, 0.3) is 0 Å². The maximum absolute atomic E-state index is 10.5. The maximum Gasteiger partial charge on any atom is 0.0601 e. The van der Waals surface area contributed by atoms with Gasteiger partial charge in [-0.2, -0.15) is 0 Å². The Morgan fingerprint density at radius 1 is 1.00 bits per heavy atom. The monoisotopic (exact) mass is 210 g/mol. The molecule has 0 amide bonds. The molecule has 0 spiro atoms. The molecule has 1 N–H and O–H groups in total. The standard InChI is InChI=1S/C14H26O/c1-14(2)10-6-5-9-12(14)13(15)11-7-3-4-8-11/h11-13,15H,3-10H2,1-2H3. The van der Waals surface area contributed by atoms with Crippen LogP contribution in [-0.2, 0) is 0 Å². The van der Waals surface area contributed by atoms with Crippen molar-refractivity contribution in [3.63, 3.8) is 0 Å². The van der Waals surface area contributed by atoms with Gasteiger partial charge in [0.15, 0.2) is 0 Å². The fourth-order valence-electron chi connectivity index (χ4n) is 3.78. The van der Waals surface area contributed by atoms with Crippen LogP contribution in [0.15, 0.2) is 0 Å². The smallest absolute Gasteiger partial charge is 0.0601 e. The highest BCUT2D eigenvalue weighted by atomic mass is 16.3. The Labute approximate surface area is 94.3 Å². The molecule has 1 nitrogen and oxygen atoms in total. The summed E-state index contributed by atoms with van der Waals surface area (Å²) in [5, 5.41) is 10.5. The number of aliphatic hydroxyl groups excluding tert-OH is 1. The van der Waals surface area contributed by atoms with E-state index < -0.39 is 0 Å². The first-order valence-electron chi connectivity index (χ1n) is 6.79. The summed E-state index contributed by atoms with van der Waals surface area (Å²) in [5.74, 6) is 1.18. The molecule has 0 aliphatic heterocycles. The van der Waals surface area contributed by atoms with Crippen molar-refractivity contribution < 1.29 is 5.11 Å². The maximum atomic E-state index is 10.5. The quantitative estimate of drug-likeness (QED) is 0.736. The van der Waals surface area contributed by atoms with Crippen molar-refractivity contribution in [2.75, 3.05) is 0 Å². The molecule has 0 aromatic heterocycles. The van der Waals surface area contributed by atoms with E-state index in [0.717, 1.165) is 0 Å². The third-order valence-electron chi connectivity index (χ3n) is 4.89. The van der Waals surface area contributed by atoms with Crippen molar-refractivity contribution in [3.05, 3.63) is 0 Å². The van der Waals surface area contributed by atoms with Crippen LogP contribution >= 0.6 is 0 Å². The van der Waals surface area contributed by atoms with Crippen LogP contribution in [0.5, 0.6) is 0 Å². The second-order valence-corrected chi connectivity index (χ2v) is 6.38. The van der Waals surface area contributed by atoms with E-state index >= 15 is 0 Å². The molecular formula is C14H26O. The van der Waals surface area contributed by atoms with Crippen molar-refractivity contribution in [1.29, 1.82) is 0 Å². The van der Waals surface area contributed by atoms with Gasteiger partial charge in [0.1, 0.15) is 0 Å². The largest absolute Gasteiger partial charge is 0.393 e. The van der Waals surface area contributed by atoms with Gasteiger partial charge >= 0.3 is 0 Å². The first-order valence-corrected chi connectivity index (χ1v) is 6.79. The molecule has 0 aromatic carbocycles. The highest BCUT2D eigenvalue weighted by Gasteiger charge is 2.40. The molecule has 0 radical (unpaired) electrons. The normalized spacial score (nSPS) is 34.2. The van der Waals surface area contributed by atoms with Crippen LogP contribution in [0.1, 0.15) is 65.2 Å². The van der Waals surface area contributed by atoms with E-state index in [1.54, 1.807) is 0 Å². The zero-order valence-electron chi connectivity index (χ0n) is 10.3. The molecule has 2 atom stereocenters. The minimum atomic E-state index is -0.0113. The Morgan fingerprint density at radius 3 is 2.20 bits per heavy atom. The molecule has 0 heterocycles. The second kappa shape index (κ2) is 4.45. The summed E-state index contributed by atoms with van der Waals surface area (Å²) >= 11 is 0. The summed E-state index contributed by atoms with van der Waals surface area (Å²) in [6.07, 6.45) is 10.5. The molecule has 2 aliphatic rings. The lowest BCUT2D eigenvalue weighted by Gasteiger charge is -2.43. The van der Waals surface area contributed by atoms with Crippen LogP contribution in [0.2, 0.25) is 0 Å². The first-order chi connectivity index (χ1) is 7.11. The lowest BCUT2D eigenvalue weighted by Crippen LogP contribution is -2.40. The molecule has 0 bridgehead atoms. The molecule has 88 valence electrons. The van der Waals surface area contributed by atoms with Gasteiger partial charge in [-0.15, -0.1) is 0 Å². The zero-order chi connectivity index (χ0) is 10.9. The topological polar surface area (TPSA) is 20.2 Å². The van der Waals surface area contributed by atoms with E-state index in [-0.39, 0.29) is 6.10 Å². The van der Waals surface area contributed by atoms with Crippen molar-refractivity contribution in [3.8, 4) is 0 Å². The minimum Gasteiger partial charge on any atom is -0.393 e. The summed E-state index contributed by atoms with van der Waals surface area (Å²) in [6.45, 7) is 4.71. The van der Waals surface area contributed by atoms with Crippen LogP contribution in [0, 0.1) is 17.3 Å². The van der Waals surface area contributed by atoms with Gasteiger partial charge < -0.3 is 5.11 Å². The Morgan fingerprint density at radius 2 is 1.60 bits per heavy atom. The van der Waals surface area contributed by atoms with Crippen LogP contribution in [0.3, 0.4) is 0 Å². The molecule has 2 aliphatic carbocycles. The van der Waals surface area contributed by atoms with Crippen molar-refractivity contribution in [1.82, 2.24) is 0 Å². The Kier molecular flexibility index (Phi) is 3.39. The van der Waals surface area contributed by atoms with E-state index in [2.05, 4.69) is 13.8 Å². The van der Waals surface area contributed by atoms with E-state index in [0.29, 0.717) is 17.3 Å². The summed E-state index contributed by atoms with van der Waals surface area (Å²) < 4.78 is 0. The highest BCUT2D eigenvalue weighted by Crippen LogP contribution is 2.45. The Balaban J connectivity index is 2.00. The van der Waals surface area contributed by atoms with Gasteiger partial charge in [-0.25, -0.2) is 0 Å². The SMILES string of the molecule is CC1(C)CCCCC1C(O)C1CCCC1. The van der Waals surface area contributed by atoms with Crippen molar-refractivity contribution >= 4 is 0 Å². The third kappa shape index (κ3) is 2.38. The van der Waals surface area contributed by atoms with E-state index in [9.17, 15) is 5.11 Å². The Hall–Kier alpha value is -0.0400. The third-order valence-corrected chi connectivity index (χ3v) is 4.89. The number of aliphatic hydroxyl groups is 1. The van der Waals surface area contributed by atoms with Crippen molar-refractivity contribution in [2.45, 2.75) is 71.3 Å². The van der Waals surface area contributed by atoms with Crippen LogP contribution in [-0.4, -0.2) is 11.2 Å². The van der Waals surface area contributed by atoms with Gasteiger partial charge in [-0.05, 0) is 42.9 Å². The molecule has 15 heavy (non-hydrogen) atoms. The summed E-state index contributed by atoms with van der Waals surface area (Å²) in [6, 6.07) is 0. The zero-order valence-corrected chi connectivity index (χ0v) is 10.3. The number of hydrogen-bond donors (Lipinski definition) is 1. The predicted molar refractivity (Wildman–Crippen MR) is 63.7 cm³/mol. The molecule has 2 unspecified atom stereocenters. The fraction of sp³-hybridized carbons (Fsp3) is 1.00. The lowest BCUT2D eigenvalue weighted by atomic mass is 9.64. The average molecular weight is 210 g/mol. The van der Waals surface area contributed by atoms with Gasteiger partial charge in [-0.1, -0.05) is 39.5 Å². The van der Waals surface area contributed by atoms with E-state index in [1.165, 1.54) is 51.4 Å². The van der Waals surface area contributed by atoms with Crippen molar-refractivity contribution in [2.24, 2.45) is 17.3 Å². The highest BCUT2D eigenvalue weighted by molar-refractivity contribution is 4.90. The Bertz CT molecular complexity index is 203. The molecule has 1 heteroatoms. The van der Waals surface area contributed by atoms with E-state index in [1.807, 2.05) is 0 Å². The summed E-state index contributed by atoms with van der Waals surface area (Å²) in [5.41, 5.74) is 0.375. The molecule has 0 aromatic rings. The predicted octanol–water partition coefficient (Wildman–Crippen LogP) is 3.75. The average Bonchev–Trinajstić information content (AvgIpc) is 2.69. The molecule has 2 fully saturated rings. The molecular weight excluding hydrogens is 184 g/mol. The van der Waals surface area contributed by atoms with E-state index in [4.69, 9.17) is 0 Å². The summed E-state index contributed by atoms with van der Waals surface area (Å²) in [4.78, 5) is 0. The molecule has 0 saturated heterocycles. The molecule has 2 rings (SSSR count). The van der Waals surface area contributed by atoms with Crippen LogP contribution in [0.4, 0.5) is 0 Å². The number of rotatable bonds is 2. The molecule has 2 saturated carbocycles. The van der Waals surface area contributed by atoms with Gasteiger partial charge in [0.25, 0.3) is 0 Å². The first kappa shape index (κ1) is 11.4. The van der Waals surface area contributed by atoms with Gasteiger partial charge in [0.05, 0.1) is 6.10 Å². The number of hydrogen-bond acceptors (Lipinski definition) is 1. The lowest BCUT2D eigenvalue weighted by molar-refractivity contribution is -0.0272.